The van der Waals surface area contributed by atoms with Crippen LogP contribution >= 0.6 is 0 Å². The lowest BCUT2D eigenvalue weighted by atomic mass is 10.1. The number of benzene rings is 3. The van der Waals surface area contributed by atoms with E-state index in [1.54, 1.807) is 91.9 Å². The first kappa shape index (κ1) is 23.7. The number of hydrogen-bond donors (Lipinski definition) is 4. The van der Waals surface area contributed by atoms with Gasteiger partial charge >= 0.3 is 6.09 Å². The second kappa shape index (κ2) is 10.6. The molecule has 4 N–H and O–H groups in total. The first-order chi connectivity index (χ1) is 15.8. The number of aryl methyl sites for hydroxylation is 1. The van der Waals surface area contributed by atoms with Crippen molar-refractivity contribution in [1.82, 2.24) is 4.72 Å². The van der Waals surface area contributed by atoms with Crippen molar-refractivity contribution in [3.05, 3.63) is 95.6 Å². The fraction of sp³-hybridized carbons (Fsp3) is 0.0833. The Kier molecular flexibility index (Phi) is 7.60. The van der Waals surface area contributed by atoms with E-state index in [0.717, 1.165) is 5.56 Å². The lowest BCUT2D eigenvalue weighted by Crippen LogP contribution is -2.24. The summed E-state index contributed by atoms with van der Waals surface area (Å²) in [5.41, 5.74) is 2.46. The number of carbonyl (C=O) groups is 2. The van der Waals surface area contributed by atoms with E-state index < -0.39 is 22.0 Å². The average molecular weight is 466 g/mol. The molecule has 0 radical (unpaired) electrons. The molecule has 33 heavy (non-hydrogen) atoms. The molecule has 3 aromatic carbocycles. The zero-order valence-corrected chi connectivity index (χ0v) is 18.6. The molecule has 9 heteroatoms. The maximum absolute atomic E-state index is 12.5. The fourth-order valence-electron chi connectivity index (χ4n) is 3.04. The van der Waals surface area contributed by atoms with Crippen LogP contribution in [-0.4, -0.2) is 32.1 Å². The minimum atomic E-state index is -3.60. The average Bonchev–Trinajstić information content (AvgIpc) is 2.78. The first-order valence-corrected chi connectivity index (χ1v) is 11.5. The summed E-state index contributed by atoms with van der Waals surface area (Å²) in [4.78, 5) is 23.7. The van der Waals surface area contributed by atoms with Gasteiger partial charge in [0.15, 0.2) is 0 Å². The monoisotopic (exact) mass is 465 g/mol. The minimum Gasteiger partial charge on any atom is -0.465 e. The molecule has 0 saturated heterocycles. The maximum atomic E-state index is 12.5. The Balaban J connectivity index is 1.59. The van der Waals surface area contributed by atoms with Crippen LogP contribution in [0.3, 0.4) is 0 Å². The summed E-state index contributed by atoms with van der Waals surface area (Å²) in [6.45, 7) is 1.86. The van der Waals surface area contributed by atoms with E-state index in [2.05, 4.69) is 15.4 Å². The van der Waals surface area contributed by atoms with Crippen LogP contribution in [0.2, 0.25) is 0 Å². The normalized spacial score (nSPS) is 11.3. The quantitative estimate of drug-likeness (QED) is 0.394. The number of anilines is 2. The summed E-state index contributed by atoms with van der Waals surface area (Å²) in [5, 5.41) is 13.8. The van der Waals surface area contributed by atoms with Gasteiger partial charge in [0.05, 0.1) is 16.3 Å². The molecule has 0 aliphatic heterocycles. The van der Waals surface area contributed by atoms with Crippen molar-refractivity contribution in [1.29, 1.82) is 0 Å². The molecule has 0 aromatic heterocycles. The van der Waals surface area contributed by atoms with Gasteiger partial charge < -0.3 is 10.4 Å². The van der Waals surface area contributed by atoms with Gasteiger partial charge in [-0.15, -0.1) is 0 Å². The number of carboxylic acid groups (broad SMARTS) is 1. The summed E-state index contributed by atoms with van der Waals surface area (Å²) >= 11 is 0. The third-order valence-corrected chi connectivity index (χ3v) is 6.26. The van der Waals surface area contributed by atoms with Crippen LogP contribution in [0.5, 0.6) is 0 Å². The van der Waals surface area contributed by atoms with E-state index in [0.29, 0.717) is 16.8 Å². The molecule has 8 nitrogen and oxygen atoms in total. The van der Waals surface area contributed by atoms with E-state index in [1.165, 1.54) is 0 Å². The minimum absolute atomic E-state index is 0.117. The van der Waals surface area contributed by atoms with Crippen LogP contribution in [0.1, 0.15) is 21.5 Å². The molecule has 170 valence electrons. The standard InChI is InChI=1S/C24H23N3O5S/c1-17-7-2-5-11-22(17)33(31,32)25-16-6-8-18-12-14-19(15-13-18)23(28)26-20-9-3-4-10-21(20)27-24(29)30/h2-15,25,27H,16H2,1H3,(H,26,28)(H,29,30). The van der Waals surface area contributed by atoms with E-state index in [1.807, 2.05) is 0 Å². The molecule has 0 saturated carbocycles. The molecule has 0 fully saturated rings. The highest BCUT2D eigenvalue weighted by Gasteiger charge is 2.14. The molecule has 0 atom stereocenters. The molecule has 0 aliphatic rings. The number of hydrogen-bond acceptors (Lipinski definition) is 4. The second-order valence-electron chi connectivity index (χ2n) is 7.07. The topological polar surface area (TPSA) is 125 Å². The molecular weight excluding hydrogens is 442 g/mol. The third-order valence-electron chi connectivity index (χ3n) is 4.67. The van der Waals surface area contributed by atoms with Crippen molar-refractivity contribution in [3.8, 4) is 0 Å². The lowest BCUT2D eigenvalue weighted by Gasteiger charge is -2.10. The van der Waals surface area contributed by atoms with Crippen LogP contribution in [0.4, 0.5) is 16.2 Å². The predicted octanol–water partition coefficient (Wildman–Crippen LogP) is 4.33. The van der Waals surface area contributed by atoms with E-state index in [-0.39, 0.29) is 17.1 Å². The largest absolute Gasteiger partial charge is 0.465 e. The smallest absolute Gasteiger partial charge is 0.409 e. The Hall–Kier alpha value is -3.95. The predicted molar refractivity (Wildman–Crippen MR) is 128 cm³/mol. The van der Waals surface area contributed by atoms with Gasteiger partial charge in [-0.05, 0) is 48.4 Å². The number of amides is 2. The van der Waals surface area contributed by atoms with Gasteiger partial charge in [0, 0.05) is 12.1 Å². The highest BCUT2D eigenvalue weighted by atomic mass is 32.2. The van der Waals surface area contributed by atoms with Crippen LogP contribution in [0.25, 0.3) is 6.08 Å². The van der Waals surface area contributed by atoms with E-state index in [9.17, 15) is 18.0 Å². The molecule has 2 amide bonds. The first-order valence-electron chi connectivity index (χ1n) is 9.98. The molecule has 0 aliphatic carbocycles. The Labute approximate surface area is 192 Å². The Morgan fingerprint density at radius 2 is 1.48 bits per heavy atom. The molecule has 0 unspecified atom stereocenters. The van der Waals surface area contributed by atoms with Crippen molar-refractivity contribution in [3.63, 3.8) is 0 Å². The summed E-state index contributed by atoms with van der Waals surface area (Å²) in [6.07, 6.45) is 2.20. The number of nitrogens with one attached hydrogen (secondary N) is 3. The molecule has 0 spiro atoms. The van der Waals surface area contributed by atoms with Gasteiger partial charge in [0.2, 0.25) is 10.0 Å². The summed E-state index contributed by atoms with van der Waals surface area (Å²) in [7, 11) is -3.60. The van der Waals surface area contributed by atoms with E-state index >= 15 is 0 Å². The van der Waals surface area contributed by atoms with Gasteiger partial charge in [0.25, 0.3) is 5.91 Å². The summed E-state index contributed by atoms with van der Waals surface area (Å²) in [5.74, 6) is -0.392. The highest BCUT2D eigenvalue weighted by Crippen LogP contribution is 2.22. The Bertz CT molecular complexity index is 1290. The summed E-state index contributed by atoms with van der Waals surface area (Å²) < 4.78 is 27.3. The van der Waals surface area contributed by atoms with Crippen molar-refractivity contribution >= 4 is 39.5 Å². The number of carbonyl (C=O) groups excluding carboxylic acids is 1. The van der Waals surface area contributed by atoms with Crippen LogP contribution in [0, 0.1) is 6.92 Å². The molecule has 3 aromatic rings. The molecule has 0 heterocycles. The molecule has 0 bridgehead atoms. The lowest BCUT2D eigenvalue weighted by molar-refractivity contribution is 0.102. The van der Waals surface area contributed by atoms with Crippen molar-refractivity contribution in [2.45, 2.75) is 11.8 Å². The summed E-state index contributed by atoms with van der Waals surface area (Å²) in [6, 6.07) is 19.9. The third kappa shape index (κ3) is 6.52. The van der Waals surface area contributed by atoms with Crippen molar-refractivity contribution in [2.24, 2.45) is 0 Å². The van der Waals surface area contributed by atoms with Crippen LogP contribution in [0.15, 0.2) is 83.8 Å². The second-order valence-corrected chi connectivity index (χ2v) is 8.81. The van der Waals surface area contributed by atoms with Gasteiger partial charge in [-0.2, -0.15) is 0 Å². The Morgan fingerprint density at radius 3 is 2.12 bits per heavy atom. The SMILES string of the molecule is Cc1ccccc1S(=O)(=O)NCC=Cc1ccc(C(=O)Nc2ccccc2NC(=O)O)cc1. The molecular formula is C24H23N3O5S. The zero-order chi connectivity index (χ0) is 23.8. The van der Waals surface area contributed by atoms with Gasteiger partial charge in [0.1, 0.15) is 0 Å². The number of rotatable bonds is 8. The number of sulfonamides is 1. The van der Waals surface area contributed by atoms with Crippen LogP contribution in [-0.2, 0) is 10.0 Å². The van der Waals surface area contributed by atoms with Crippen LogP contribution < -0.4 is 15.4 Å². The zero-order valence-electron chi connectivity index (χ0n) is 17.8. The van der Waals surface area contributed by atoms with Gasteiger partial charge in [-0.25, -0.2) is 17.9 Å². The number of para-hydroxylation sites is 2. The highest BCUT2D eigenvalue weighted by molar-refractivity contribution is 7.89. The van der Waals surface area contributed by atoms with Crippen molar-refractivity contribution < 1.29 is 23.1 Å². The van der Waals surface area contributed by atoms with E-state index in [4.69, 9.17) is 5.11 Å². The van der Waals surface area contributed by atoms with Gasteiger partial charge in [-0.3, -0.25) is 10.1 Å². The fourth-order valence-corrected chi connectivity index (χ4v) is 4.27. The Morgan fingerprint density at radius 1 is 0.879 bits per heavy atom. The molecule has 3 rings (SSSR count). The van der Waals surface area contributed by atoms with Crippen molar-refractivity contribution in [2.75, 3.05) is 17.2 Å². The van der Waals surface area contributed by atoms with Gasteiger partial charge in [-0.1, -0.05) is 54.6 Å². The maximum Gasteiger partial charge on any atom is 0.409 e.